The van der Waals surface area contributed by atoms with Gasteiger partial charge in [0.1, 0.15) is 5.82 Å². The van der Waals surface area contributed by atoms with Crippen LogP contribution in [0.4, 0.5) is 10.1 Å². The van der Waals surface area contributed by atoms with Crippen molar-refractivity contribution in [1.29, 1.82) is 0 Å². The van der Waals surface area contributed by atoms with Crippen LogP contribution in [0, 0.1) is 5.82 Å². The lowest BCUT2D eigenvalue weighted by atomic mass is 10.1. The van der Waals surface area contributed by atoms with Gasteiger partial charge in [-0.2, -0.15) is 5.10 Å². The summed E-state index contributed by atoms with van der Waals surface area (Å²) in [6.45, 7) is 0.400. The number of hydrogen-bond donors (Lipinski definition) is 3. The highest BCUT2D eigenvalue weighted by atomic mass is 32.2. The van der Waals surface area contributed by atoms with Crippen molar-refractivity contribution in [3.8, 4) is 11.3 Å². The maximum absolute atomic E-state index is 13.0. The monoisotopic (exact) mass is 464 g/mol. The van der Waals surface area contributed by atoms with Gasteiger partial charge in [-0.25, -0.2) is 12.8 Å². The van der Waals surface area contributed by atoms with E-state index in [0.29, 0.717) is 12.2 Å². The van der Waals surface area contributed by atoms with Crippen molar-refractivity contribution in [1.82, 2.24) is 15.5 Å². The van der Waals surface area contributed by atoms with Crippen LogP contribution in [0.25, 0.3) is 11.3 Å². The van der Waals surface area contributed by atoms with E-state index in [4.69, 9.17) is 0 Å². The van der Waals surface area contributed by atoms with Gasteiger partial charge >= 0.3 is 0 Å². The van der Waals surface area contributed by atoms with E-state index in [1.807, 2.05) is 30.3 Å². The number of hydrogen-bond acceptors (Lipinski definition) is 4. The van der Waals surface area contributed by atoms with Gasteiger partial charge in [0.2, 0.25) is 5.91 Å². The third-order valence-corrected chi connectivity index (χ3v) is 6.35. The van der Waals surface area contributed by atoms with Crippen molar-refractivity contribution < 1.29 is 17.6 Å². The predicted molar refractivity (Wildman–Crippen MR) is 123 cm³/mol. The van der Waals surface area contributed by atoms with Gasteiger partial charge < -0.3 is 5.32 Å². The highest BCUT2D eigenvalue weighted by Gasteiger charge is 2.14. The maximum atomic E-state index is 13.0. The van der Waals surface area contributed by atoms with Gasteiger partial charge in [0.15, 0.2) is 0 Å². The van der Waals surface area contributed by atoms with Gasteiger partial charge in [-0.3, -0.25) is 14.6 Å². The van der Waals surface area contributed by atoms with E-state index < -0.39 is 15.8 Å². The van der Waals surface area contributed by atoms with Crippen LogP contribution in [0.5, 0.6) is 0 Å². The molecule has 0 aliphatic carbocycles. The Morgan fingerprint density at radius 2 is 1.55 bits per heavy atom. The lowest BCUT2D eigenvalue weighted by Gasteiger charge is -2.09. The molecule has 1 aromatic heterocycles. The zero-order valence-corrected chi connectivity index (χ0v) is 18.3. The molecule has 33 heavy (non-hydrogen) atoms. The molecule has 1 heterocycles. The number of benzene rings is 3. The standard InChI is InChI=1S/C24H21FN4O3S/c25-20-7-11-22(12-8-20)33(31,32)29-21-9-3-17(4-10-21)15-24(30)26-16-18-1-5-19(6-2-18)23-13-14-27-28-23/h1-14,29H,15-16H2,(H,26,30)(H,27,28). The molecule has 0 atom stereocenters. The molecule has 0 radical (unpaired) electrons. The molecule has 0 spiro atoms. The second-order valence-corrected chi connectivity index (χ2v) is 9.06. The number of sulfonamides is 1. The molecule has 4 aromatic rings. The average molecular weight is 465 g/mol. The van der Waals surface area contributed by atoms with Crippen LogP contribution in [0.1, 0.15) is 11.1 Å². The summed E-state index contributed by atoms with van der Waals surface area (Å²) in [6.07, 6.45) is 1.85. The number of nitrogens with zero attached hydrogens (tertiary/aromatic N) is 1. The first-order valence-electron chi connectivity index (χ1n) is 10.1. The van der Waals surface area contributed by atoms with Crippen LogP contribution >= 0.6 is 0 Å². The summed E-state index contributed by atoms with van der Waals surface area (Å²) in [5.74, 6) is -0.657. The van der Waals surface area contributed by atoms with Crippen molar-refractivity contribution in [2.45, 2.75) is 17.9 Å². The van der Waals surface area contributed by atoms with E-state index in [1.54, 1.807) is 30.5 Å². The minimum absolute atomic E-state index is 0.0371. The summed E-state index contributed by atoms with van der Waals surface area (Å²) in [6, 6.07) is 20.8. The number of halogens is 1. The van der Waals surface area contributed by atoms with Gasteiger partial charge in [0, 0.05) is 18.4 Å². The predicted octanol–water partition coefficient (Wildman–Crippen LogP) is 3.88. The molecule has 0 fully saturated rings. The summed E-state index contributed by atoms with van der Waals surface area (Å²) < 4.78 is 40.2. The van der Waals surface area contributed by atoms with Crippen LogP contribution in [-0.4, -0.2) is 24.5 Å². The first-order chi connectivity index (χ1) is 15.9. The Balaban J connectivity index is 1.29. The van der Waals surface area contributed by atoms with Gasteiger partial charge in [0.05, 0.1) is 17.0 Å². The Labute approximate surface area is 190 Å². The highest BCUT2D eigenvalue weighted by Crippen LogP contribution is 2.18. The molecular weight excluding hydrogens is 443 g/mol. The zero-order chi connectivity index (χ0) is 23.3. The summed E-state index contributed by atoms with van der Waals surface area (Å²) in [5.41, 5.74) is 4.00. The van der Waals surface area contributed by atoms with Crippen LogP contribution in [-0.2, 0) is 27.8 Å². The Hall–Kier alpha value is -3.98. The second-order valence-electron chi connectivity index (χ2n) is 7.38. The number of anilines is 1. The lowest BCUT2D eigenvalue weighted by Crippen LogP contribution is -2.24. The summed E-state index contributed by atoms with van der Waals surface area (Å²) in [7, 11) is -3.82. The number of nitrogens with one attached hydrogen (secondary N) is 3. The van der Waals surface area contributed by atoms with E-state index >= 15 is 0 Å². The number of aromatic amines is 1. The van der Waals surface area contributed by atoms with Gasteiger partial charge in [-0.05, 0) is 59.2 Å². The van der Waals surface area contributed by atoms with Crippen LogP contribution in [0.3, 0.4) is 0 Å². The van der Waals surface area contributed by atoms with Crippen molar-refractivity contribution in [3.63, 3.8) is 0 Å². The first-order valence-corrected chi connectivity index (χ1v) is 11.6. The molecule has 0 aliphatic rings. The van der Waals surface area contributed by atoms with E-state index in [9.17, 15) is 17.6 Å². The SMILES string of the molecule is O=C(Cc1ccc(NS(=O)(=O)c2ccc(F)cc2)cc1)NCc1ccc(-c2ccn[nH]2)cc1. The minimum Gasteiger partial charge on any atom is -0.352 e. The molecule has 9 heteroatoms. The molecule has 4 rings (SSSR count). The number of carbonyl (C=O) groups is 1. The number of rotatable bonds is 8. The van der Waals surface area contributed by atoms with E-state index in [1.165, 1.54) is 12.1 Å². The fraction of sp³-hybridized carbons (Fsp3) is 0.0833. The molecule has 0 aliphatic heterocycles. The summed E-state index contributed by atoms with van der Waals surface area (Å²) in [4.78, 5) is 12.3. The number of aromatic nitrogens is 2. The third-order valence-electron chi connectivity index (χ3n) is 4.95. The zero-order valence-electron chi connectivity index (χ0n) is 17.5. The largest absolute Gasteiger partial charge is 0.352 e. The molecule has 0 unspecified atom stereocenters. The lowest BCUT2D eigenvalue weighted by molar-refractivity contribution is -0.120. The number of amides is 1. The number of H-pyrrole nitrogens is 1. The summed E-state index contributed by atoms with van der Waals surface area (Å²) >= 11 is 0. The molecule has 3 aromatic carbocycles. The van der Waals surface area contributed by atoms with Gasteiger partial charge in [0.25, 0.3) is 10.0 Å². The molecule has 7 nitrogen and oxygen atoms in total. The molecule has 1 amide bonds. The van der Waals surface area contributed by atoms with Crippen molar-refractivity contribution in [2.75, 3.05) is 4.72 Å². The molecule has 0 saturated carbocycles. The Morgan fingerprint density at radius 3 is 2.18 bits per heavy atom. The third kappa shape index (κ3) is 5.83. The topological polar surface area (TPSA) is 104 Å². The Bertz CT molecular complexity index is 1320. The van der Waals surface area contributed by atoms with Crippen LogP contribution in [0.15, 0.2) is 90.0 Å². The summed E-state index contributed by atoms with van der Waals surface area (Å²) in [5, 5.41) is 9.72. The minimum atomic E-state index is -3.82. The van der Waals surface area contributed by atoms with E-state index in [-0.39, 0.29) is 17.2 Å². The Kier molecular flexibility index (Phi) is 6.50. The number of carbonyl (C=O) groups excluding carboxylic acids is 1. The molecular formula is C24H21FN4O3S. The first kappa shape index (κ1) is 22.2. The maximum Gasteiger partial charge on any atom is 0.261 e. The van der Waals surface area contributed by atoms with E-state index in [2.05, 4.69) is 20.2 Å². The Morgan fingerprint density at radius 1 is 0.879 bits per heavy atom. The molecule has 0 bridgehead atoms. The molecule has 3 N–H and O–H groups in total. The van der Waals surface area contributed by atoms with Crippen molar-refractivity contribution in [2.24, 2.45) is 0 Å². The average Bonchev–Trinajstić information content (AvgIpc) is 3.35. The van der Waals surface area contributed by atoms with Crippen molar-refractivity contribution in [3.05, 3.63) is 102 Å². The fourth-order valence-corrected chi connectivity index (χ4v) is 4.24. The second kappa shape index (κ2) is 9.66. The smallest absolute Gasteiger partial charge is 0.261 e. The molecule has 0 saturated heterocycles. The van der Waals surface area contributed by atoms with E-state index in [0.717, 1.165) is 34.5 Å². The van der Waals surface area contributed by atoms with Crippen molar-refractivity contribution >= 4 is 21.6 Å². The molecule has 168 valence electrons. The van der Waals surface area contributed by atoms with Gasteiger partial charge in [-0.15, -0.1) is 0 Å². The van der Waals surface area contributed by atoms with Gasteiger partial charge in [-0.1, -0.05) is 36.4 Å². The fourth-order valence-electron chi connectivity index (χ4n) is 3.19. The van der Waals surface area contributed by atoms with Crippen LogP contribution in [0.2, 0.25) is 0 Å². The quantitative estimate of drug-likeness (QED) is 0.368. The van der Waals surface area contributed by atoms with Crippen LogP contribution < -0.4 is 10.0 Å². The normalized spacial score (nSPS) is 11.2. The highest BCUT2D eigenvalue weighted by molar-refractivity contribution is 7.92.